The maximum Gasteiger partial charge on any atom is 0.150 e. The van der Waals surface area contributed by atoms with Gasteiger partial charge in [0.05, 0.1) is 5.02 Å². The molecule has 0 unspecified atom stereocenters. The molecule has 1 nitrogen and oxygen atoms in total. The number of rotatable bonds is 2. The summed E-state index contributed by atoms with van der Waals surface area (Å²) in [6, 6.07) is 10.0. The average molecular weight is 249 g/mol. The lowest BCUT2D eigenvalue weighted by molar-refractivity contribution is 0.112. The Hall–Kier alpha value is -1.67. The molecule has 0 atom stereocenters. The van der Waals surface area contributed by atoms with Crippen molar-refractivity contribution in [1.29, 1.82) is 0 Å². The number of carbonyl (C=O) groups is 1. The van der Waals surface area contributed by atoms with E-state index in [9.17, 15) is 9.18 Å². The molecule has 0 saturated carbocycles. The molecule has 0 saturated heterocycles. The Morgan fingerprint density at radius 3 is 2.41 bits per heavy atom. The minimum atomic E-state index is -0.316. The van der Waals surface area contributed by atoms with E-state index in [1.807, 2.05) is 0 Å². The Balaban J connectivity index is 2.52. The molecule has 86 valence electrons. The maximum atomic E-state index is 13.3. The quantitative estimate of drug-likeness (QED) is 0.726. The zero-order valence-corrected chi connectivity index (χ0v) is 9.96. The minimum Gasteiger partial charge on any atom is -0.298 e. The van der Waals surface area contributed by atoms with Crippen LogP contribution in [0.25, 0.3) is 11.1 Å². The van der Waals surface area contributed by atoms with Crippen LogP contribution in [0.2, 0.25) is 5.02 Å². The van der Waals surface area contributed by atoms with Gasteiger partial charge in [0.15, 0.2) is 0 Å². The molecule has 2 aromatic rings. The highest BCUT2D eigenvalue weighted by atomic mass is 35.5. The summed E-state index contributed by atoms with van der Waals surface area (Å²) in [6.07, 6.45) is 0.779. The average Bonchev–Trinajstić information content (AvgIpc) is 2.34. The Kier molecular flexibility index (Phi) is 3.25. The van der Waals surface area contributed by atoms with E-state index >= 15 is 0 Å². The van der Waals surface area contributed by atoms with Gasteiger partial charge in [-0.1, -0.05) is 35.9 Å². The van der Waals surface area contributed by atoms with Crippen LogP contribution in [0.15, 0.2) is 36.4 Å². The Labute approximate surface area is 104 Å². The second-order valence-corrected chi connectivity index (χ2v) is 4.23. The number of halogens is 2. The van der Waals surface area contributed by atoms with Gasteiger partial charge in [0.25, 0.3) is 0 Å². The molecule has 17 heavy (non-hydrogen) atoms. The van der Waals surface area contributed by atoms with E-state index in [0.717, 1.165) is 17.4 Å². The molecule has 2 aromatic carbocycles. The van der Waals surface area contributed by atoms with Gasteiger partial charge in [-0.15, -0.1) is 0 Å². The van der Waals surface area contributed by atoms with Crippen molar-refractivity contribution in [3.63, 3.8) is 0 Å². The van der Waals surface area contributed by atoms with Gasteiger partial charge in [-0.05, 0) is 30.2 Å². The standard InChI is InChI=1S/C14H10ClFO/c1-9-6-12(13(15)7-14(9)16)11-4-2-10(8-17)3-5-11/h2-8H,1H3. The summed E-state index contributed by atoms with van der Waals surface area (Å²) in [5.74, 6) is -0.316. The third-order valence-corrected chi connectivity index (χ3v) is 2.92. The van der Waals surface area contributed by atoms with Gasteiger partial charge >= 0.3 is 0 Å². The molecule has 0 amide bonds. The van der Waals surface area contributed by atoms with Crippen molar-refractivity contribution in [3.05, 3.63) is 58.4 Å². The van der Waals surface area contributed by atoms with E-state index in [4.69, 9.17) is 11.6 Å². The van der Waals surface area contributed by atoms with Gasteiger partial charge in [0.1, 0.15) is 12.1 Å². The van der Waals surface area contributed by atoms with Gasteiger partial charge in [0, 0.05) is 11.1 Å². The molecule has 0 spiro atoms. The monoisotopic (exact) mass is 248 g/mol. The van der Waals surface area contributed by atoms with E-state index in [0.29, 0.717) is 16.1 Å². The van der Waals surface area contributed by atoms with Crippen molar-refractivity contribution in [2.45, 2.75) is 6.92 Å². The smallest absolute Gasteiger partial charge is 0.150 e. The number of hydrogen-bond donors (Lipinski definition) is 0. The molecule has 0 N–H and O–H groups in total. The van der Waals surface area contributed by atoms with Gasteiger partial charge in [-0.25, -0.2) is 4.39 Å². The highest BCUT2D eigenvalue weighted by molar-refractivity contribution is 6.33. The molecule has 0 heterocycles. The molecule has 0 radical (unpaired) electrons. The van der Waals surface area contributed by atoms with Crippen molar-refractivity contribution >= 4 is 17.9 Å². The van der Waals surface area contributed by atoms with E-state index in [1.54, 1.807) is 37.3 Å². The zero-order valence-electron chi connectivity index (χ0n) is 9.21. The van der Waals surface area contributed by atoms with Gasteiger partial charge < -0.3 is 0 Å². The molecule has 0 aliphatic heterocycles. The summed E-state index contributed by atoms with van der Waals surface area (Å²) in [6.45, 7) is 1.69. The van der Waals surface area contributed by atoms with E-state index in [-0.39, 0.29) is 5.82 Å². The number of carbonyl (C=O) groups excluding carboxylic acids is 1. The lowest BCUT2D eigenvalue weighted by atomic mass is 10.0. The molecular weight excluding hydrogens is 239 g/mol. The summed E-state index contributed by atoms with van der Waals surface area (Å²) in [5, 5.41) is 0.368. The van der Waals surface area contributed by atoms with Gasteiger partial charge in [0.2, 0.25) is 0 Å². The van der Waals surface area contributed by atoms with Crippen molar-refractivity contribution in [3.8, 4) is 11.1 Å². The number of hydrogen-bond acceptors (Lipinski definition) is 1. The summed E-state index contributed by atoms with van der Waals surface area (Å²) in [5.41, 5.74) is 2.78. The lowest BCUT2D eigenvalue weighted by Crippen LogP contribution is -1.87. The largest absolute Gasteiger partial charge is 0.298 e. The van der Waals surface area contributed by atoms with E-state index in [2.05, 4.69) is 0 Å². The minimum absolute atomic E-state index is 0.316. The molecule has 0 aliphatic carbocycles. The predicted molar refractivity (Wildman–Crippen MR) is 67.0 cm³/mol. The Morgan fingerprint density at radius 2 is 1.82 bits per heavy atom. The third-order valence-electron chi connectivity index (χ3n) is 2.61. The molecule has 0 bridgehead atoms. The fourth-order valence-corrected chi connectivity index (χ4v) is 1.88. The van der Waals surface area contributed by atoms with E-state index in [1.165, 1.54) is 6.07 Å². The van der Waals surface area contributed by atoms with Gasteiger partial charge in [-0.3, -0.25) is 4.79 Å². The first-order valence-corrected chi connectivity index (χ1v) is 5.51. The first kappa shape index (κ1) is 11.8. The fraction of sp³-hybridized carbons (Fsp3) is 0.0714. The van der Waals surface area contributed by atoms with Crippen LogP contribution in [0.4, 0.5) is 4.39 Å². The normalized spacial score (nSPS) is 10.3. The number of aldehydes is 1. The molecular formula is C14H10ClFO. The summed E-state index contributed by atoms with van der Waals surface area (Å²) in [7, 11) is 0. The van der Waals surface area contributed by atoms with Crippen LogP contribution in [0.3, 0.4) is 0 Å². The third kappa shape index (κ3) is 2.37. The molecule has 0 fully saturated rings. The second-order valence-electron chi connectivity index (χ2n) is 3.82. The SMILES string of the molecule is Cc1cc(-c2ccc(C=O)cc2)c(Cl)cc1F. The van der Waals surface area contributed by atoms with E-state index < -0.39 is 0 Å². The van der Waals surface area contributed by atoms with Gasteiger partial charge in [-0.2, -0.15) is 0 Å². The van der Waals surface area contributed by atoms with Crippen LogP contribution in [0, 0.1) is 12.7 Å². The lowest BCUT2D eigenvalue weighted by Gasteiger charge is -2.07. The Morgan fingerprint density at radius 1 is 1.18 bits per heavy atom. The fourth-order valence-electron chi connectivity index (χ4n) is 1.62. The maximum absolute atomic E-state index is 13.3. The molecule has 3 heteroatoms. The van der Waals surface area contributed by atoms with Crippen LogP contribution in [0.5, 0.6) is 0 Å². The summed E-state index contributed by atoms with van der Waals surface area (Å²) >= 11 is 6.00. The molecule has 2 rings (SSSR count). The van der Waals surface area contributed by atoms with Crippen molar-refractivity contribution < 1.29 is 9.18 Å². The molecule has 0 aromatic heterocycles. The van der Waals surface area contributed by atoms with Crippen LogP contribution in [-0.2, 0) is 0 Å². The Bertz CT molecular complexity index is 561. The molecule has 0 aliphatic rings. The number of benzene rings is 2. The van der Waals surface area contributed by atoms with Crippen LogP contribution in [0.1, 0.15) is 15.9 Å². The zero-order chi connectivity index (χ0) is 12.4. The van der Waals surface area contributed by atoms with Crippen LogP contribution < -0.4 is 0 Å². The number of aryl methyl sites for hydroxylation is 1. The highest BCUT2D eigenvalue weighted by Gasteiger charge is 2.07. The second kappa shape index (κ2) is 4.68. The van der Waals surface area contributed by atoms with Crippen molar-refractivity contribution in [2.24, 2.45) is 0 Å². The summed E-state index contributed by atoms with van der Waals surface area (Å²) < 4.78 is 13.3. The first-order valence-electron chi connectivity index (χ1n) is 5.13. The van der Waals surface area contributed by atoms with Crippen molar-refractivity contribution in [1.82, 2.24) is 0 Å². The first-order chi connectivity index (χ1) is 8.11. The van der Waals surface area contributed by atoms with Crippen LogP contribution >= 0.6 is 11.6 Å². The van der Waals surface area contributed by atoms with Crippen molar-refractivity contribution in [2.75, 3.05) is 0 Å². The topological polar surface area (TPSA) is 17.1 Å². The summed E-state index contributed by atoms with van der Waals surface area (Å²) in [4.78, 5) is 10.5. The van der Waals surface area contributed by atoms with Crippen LogP contribution in [-0.4, -0.2) is 6.29 Å². The highest BCUT2D eigenvalue weighted by Crippen LogP contribution is 2.30. The predicted octanol–water partition coefficient (Wildman–Crippen LogP) is 4.27.